The fourth-order valence-electron chi connectivity index (χ4n) is 3.13. The number of benzene rings is 2. The highest BCUT2D eigenvalue weighted by Gasteiger charge is 2.34. The van der Waals surface area contributed by atoms with Crippen molar-refractivity contribution >= 4 is 49.7 Å². The van der Waals surface area contributed by atoms with Crippen molar-refractivity contribution in [3.63, 3.8) is 0 Å². The molecule has 0 radical (unpaired) electrons. The van der Waals surface area contributed by atoms with Crippen molar-refractivity contribution in [2.45, 2.75) is 24.3 Å². The van der Waals surface area contributed by atoms with Crippen LogP contribution in [0.2, 0.25) is 5.02 Å². The van der Waals surface area contributed by atoms with Crippen molar-refractivity contribution in [2.75, 3.05) is 16.2 Å². The maximum absolute atomic E-state index is 12.8. The van der Waals surface area contributed by atoms with E-state index < -0.39 is 16.1 Å². The molecule has 2 heterocycles. The van der Waals surface area contributed by atoms with Crippen LogP contribution in [0.3, 0.4) is 0 Å². The number of hydrogen-bond donors (Lipinski definition) is 1. The van der Waals surface area contributed by atoms with Crippen molar-refractivity contribution in [1.29, 1.82) is 0 Å². The van der Waals surface area contributed by atoms with Gasteiger partial charge in [0.05, 0.1) is 9.92 Å². The maximum atomic E-state index is 12.8. The number of carbonyl (C=O) groups excluding carboxylic acids is 1. The molecule has 1 aliphatic rings. The molecule has 0 spiro atoms. The van der Waals surface area contributed by atoms with Crippen LogP contribution in [-0.2, 0) is 14.8 Å². The second-order valence-electron chi connectivity index (χ2n) is 6.76. The van der Waals surface area contributed by atoms with Crippen LogP contribution in [-0.4, -0.2) is 32.0 Å². The van der Waals surface area contributed by atoms with Gasteiger partial charge in [-0.2, -0.15) is 0 Å². The molecule has 10 heteroatoms. The Morgan fingerprint density at radius 1 is 1.27 bits per heavy atom. The van der Waals surface area contributed by atoms with E-state index in [1.54, 1.807) is 34.5 Å². The third kappa shape index (κ3) is 4.28. The van der Waals surface area contributed by atoms with Crippen LogP contribution in [0.5, 0.6) is 5.75 Å². The lowest BCUT2D eigenvalue weighted by atomic mass is 10.2. The summed E-state index contributed by atoms with van der Waals surface area (Å²) in [5.41, 5.74) is 1.61. The van der Waals surface area contributed by atoms with Crippen molar-refractivity contribution in [2.24, 2.45) is 0 Å². The molecule has 2 aromatic carbocycles. The van der Waals surface area contributed by atoms with Crippen LogP contribution in [0.25, 0.3) is 0 Å². The van der Waals surface area contributed by atoms with E-state index in [1.165, 1.54) is 29.7 Å². The standard InChI is InChI=1S/C20H18ClN3O4S2.H2/c1-13-2-7-17(16(21)12-13)28-18-8-10-24(19(18)25)14-3-5-15(6-4-14)30(26,27)23-20-22-9-11-29-20;/h2-7,9,11-12,18H,8,10H2,1H3,(H,22,23);1H. The van der Waals surface area contributed by atoms with E-state index in [2.05, 4.69) is 9.71 Å². The molecule has 3 aromatic rings. The average Bonchev–Trinajstić information content (AvgIpc) is 3.34. The summed E-state index contributed by atoms with van der Waals surface area (Å²) in [5.74, 6) is 0.278. The zero-order chi connectivity index (χ0) is 21.3. The van der Waals surface area contributed by atoms with Crippen molar-refractivity contribution in [1.82, 2.24) is 4.98 Å². The first-order valence-electron chi connectivity index (χ1n) is 9.10. The van der Waals surface area contributed by atoms with E-state index in [-0.39, 0.29) is 12.2 Å². The Balaban J connectivity index is 0.00000272. The number of nitrogens with zero attached hydrogens (tertiary/aromatic N) is 2. The van der Waals surface area contributed by atoms with E-state index in [0.29, 0.717) is 34.6 Å². The topological polar surface area (TPSA) is 88.6 Å². The number of ether oxygens (including phenoxy) is 1. The normalized spacial score (nSPS) is 16.7. The van der Waals surface area contributed by atoms with Gasteiger partial charge in [0.15, 0.2) is 11.2 Å². The summed E-state index contributed by atoms with van der Waals surface area (Å²) in [6.45, 7) is 2.39. The molecule has 1 atom stereocenters. The number of nitrogens with one attached hydrogen (secondary N) is 1. The Morgan fingerprint density at radius 3 is 2.70 bits per heavy atom. The van der Waals surface area contributed by atoms with Gasteiger partial charge >= 0.3 is 0 Å². The van der Waals surface area contributed by atoms with Crippen LogP contribution in [0.1, 0.15) is 13.4 Å². The average molecular weight is 466 g/mol. The molecule has 158 valence electrons. The highest BCUT2D eigenvalue weighted by atomic mass is 35.5. The quantitative estimate of drug-likeness (QED) is 0.585. The number of carbonyl (C=O) groups is 1. The van der Waals surface area contributed by atoms with Gasteiger partial charge in [-0.05, 0) is 48.9 Å². The molecule has 1 unspecified atom stereocenters. The first-order valence-corrected chi connectivity index (χ1v) is 11.8. The smallest absolute Gasteiger partial charge is 0.268 e. The van der Waals surface area contributed by atoms with E-state index >= 15 is 0 Å². The summed E-state index contributed by atoms with van der Waals surface area (Å²) in [6.07, 6.45) is 1.39. The van der Waals surface area contributed by atoms with Gasteiger partial charge in [-0.3, -0.25) is 9.52 Å². The molecular weight excluding hydrogens is 446 g/mol. The molecule has 0 bridgehead atoms. The number of hydrogen-bond acceptors (Lipinski definition) is 6. The summed E-state index contributed by atoms with van der Waals surface area (Å²) in [7, 11) is -3.74. The maximum Gasteiger partial charge on any atom is 0.268 e. The predicted octanol–water partition coefficient (Wildman–Crippen LogP) is 4.34. The van der Waals surface area contributed by atoms with Crippen LogP contribution in [0, 0.1) is 6.92 Å². The summed E-state index contributed by atoms with van der Waals surface area (Å²) in [4.78, 5) is 18.4. The Kier molecular flexibility index (Phi) is 5.68. The number of sulfonamides is 1. The van der Waals surface area contributed by atoms with Gasteiger partial charge in [0, 0.05) is 31.7 Å². The van der Waals surface area contributed by atoms with Crippen LogP contribution < -0.4 is 14.4 Å². The number of rotatable bonds is 6. The molecule has 1 saturated heterocycles. The molecule has 1 aromatic heterocycles. The Morgan fingerprint density at radius 2 is 2.03 bits per heavy atom. The number of anilines is 2. The van der Waals surface area contributed by atoms with E-state index in [1.807, 2.05) is 13.0 Å². The molecule has 30 heavy (non-hydrogen) atoms. The SMILES string of the molecule is Cc1ccc(OC2CCN(c3ccc(S(=O)(=O)Nc4nccs4)cc3)C2=O)c(Cl)c1.[HH]. The number of halogens is 1. The molecule has 0 aliphatic carbocycles. The van der Waals surface area contributed by atoms with Crippen LogP contribution in [0.15, 0.2) is 58.9 Å². The molecule has 7 nitrogen and oxygen atoms in total. The number of aromatic nitrogens is 1. The molecule has 1 fully saturated rings. The molecule has 4 rings (SSSR count). The van der Waals surface area contributed by atoms with Gasteiger partial charge in [-0.1, -0.05) is 17.7 Å². The minimum Gasteiger partial charge on any atom is -0.479 e. The fourth-order valence-corrected chi connectivity index (χ4v) is 5.20. The Hall–Kier alpha value is -2.62. The first kappa shape index (κ1) is 20.6. The van der Waals surface area contributed by atoms with Gasteiger partial charge in [-0.15, -0.1) is 11.3 Å². The number of amides is 1. The number of thiazole rings is 1. The molecule has 1 N–H and O–H groups in total. The Bertz CT molecular complexity index is 1170. The van der Waals surface area contributed by atoms with Gasteiger partial charge in [0.1, 0.15) is 5.75 Å². The first-order chi connectivity index (χ1) is 14.3. The molecule has 0 saturated carbocycles. The lowest BCUT2D eigenvalue weighted by Crippen LogP contribution is -2.32. The van der Waals surface area contributed by atoms with Crippen LogP contribution >= 0.6 is 22.9 Å². The summed E-state index contributed by atoms with van der Waals surface area (Å²) < 4.78 is 33.1. The summed E-state index contributed by atoms with van der Waals surface area (Å²) >= 11 is 7.40. The Labute approximate surface area is 184 Å². The zero-order valence-electron chi connectivity index (χ0n) is 15.9. The van der Waals surface area contributed by atoms with Gasteiger partial charge < -0.3 is 9.64 Å². The predicted molar refractivity (Wildman–Crippen MR) is 119 cm³/mol. The van der Waals surface area contributed by atoms with Crippen molar-refractivity contribution < 1.29 is 19.4 Å². The second-order valence-corrected chi connectivity index (χ2v) is 9.74. The largest absolute Gasteiger partial charge is 0.479 e. The summed E-state index contributed by atoms with van der Waals surface area (Å²) in [6, 6.07) is 11.5. The second kappa shape index (κ2) is 8.25. The highest BCUT2D eigenvalue weighted by molar-refractivity contribution is 7.93. The molecular formula is C20H20ClN3O4S2. The van der Waals surface area contributed by atoms with Crippen molar-refractivity contribution in [3.05, 3.63) is 64.6 Å². The third-order valence-corrected chi connectivity index (χ3v) is 7.09. The van der Waals surface area contributed by atoms with Gasteiger partial charge in [0.25, 0.3) is 15.9 Å². The highest BCUT2D eigenvalue weighted by Crippen LogP contribution is 2.30. The summed E-state index contributed by atoms with van der Waals surface area (Å²) in [5, 5.41) is 2.44. The van der Waals surface area contributed by atoms with Crippen molar-refractivity contribution in [3.8, 4) is 5.75 Å². The minimum absolute atomic E-state index is 0. The number of aryl methyl sites for hydroxylation is 1. The van der Waals surface area contributed by atoms with Gasteiger partial charge in [0.2, 0.25) is 0 Å². The molecule has 1 aliphatic heterocycles. The monoisotopic (exact) mass is 465 g/mol. The third-order valence-electron chi connectivity index (χ3n) is 4.63. The van der Waals surface area contributed by atoms with E-state index in [4.69, 9.17) is 16.3 Å². The fraction of sp³-hybridized carbons (Fsp3) is 0.200. The van der Waals surface area contributed by atoms with E-state index in [9.17, 15) is 13.2 Å². The molecule has 1 amide bonds. The minimum atomic E-state index is -3.74. The lowest BCUT2D eigenvalue weighted by Gasteiger charge is -2.18. The van der Waals surface area contributed by atoms with E-state index in [0.717, 1.165) is 5.56 Å². The van der Waals surface area contributed by atoms with Gasteiger partial charge in [-0.25, -0.2) is 13.4 Å². The zero-order valence-corrected chi connectivity index (χ0v) is 18.3. The lowest BCUT2D eigenvalue weighted by molar-refractivity contribution is -0.122. The van der Waals surface area contributed by atoms with Crippen LogP contribution in [0.4, 0.5) is 10.8 Å².